The molecule has 6 heteroatoms. The van der Waals surface area contributed by atoms with Crippen LogP contribution in [-0.4, -0.2) is 22.9 Å². The first kappa shape index (κ1) is 16.5. The summed E-state index contributed by atoms with van der Waals surface area (Å²) in [6, 6.07) is 12.0. The SMILES string of the molecule is Cc1cc(NCc2ccc3c(c2)sc(=O)n3C)cc(OCCO)c1. The molecule has 0 radical (unpaired) electrons. The largest absolute Gasteiger partial charge is 0.491 e. The van der Waals surface area contributed by atoms with Crippen molar-refractivity contribution in [3.05, 3.63) is 57.2 Å². The van der Waals surface area contributed by atoms with Crippen LogP contribution in [0.25, 0.3) is 10.2 Å². The molecule has 0 unspecified atom stereocenters. The number of nitrogens with one attached hydrogen (secondary N) is 1. The van der Waals surface area contributed by atoms with Crippen LogP contribution in [0.3, 0.4) is 0 Å². The summed E-state index contributed by atoms with van der Waals surface area (Å²) in [5, 5.41) is 12.2. The molecule has 0 spiro atoms. The first-order valence-corrected chi connectivity index (χ1v) is 8.56. The molecule has 3 rings (SSSR count). The van der Waals surface area contributed by atoms with Crippen molar-refractivity contribution in [1.29, 1.82) is 0 Å². The number of nitrogens with zero attached hydrogens (tertiary/aromatic N) is 1. The predicted octanol–water partition coefficient (Wildman–Crippen LogP) is 2.89. The van der Waals surface area contributed by atoms with Gasteiger partial charge in [-0.3, -0.25) is 4.79 Å². The standard InChI is InChI=1S/C18H20N2O3S/c1-12-7-14(10-15(8-12)23-6-5-21)19-11-13-3-4-16-17(9-13)24-18(22)20(16)2/h3-4,7-10,19,21H,5-6,11H2,1-2H3. The number of hydrogen-bond donors (Lipinski definition) is 2. The van der Waals surface area contributed by atoms with Crippen molar-refractivity contribution in [2.75, 3.05) is 18.5 Å². The number of fused-ring (bicyclic) bond motifs is 1. The second kappa shape index (κ2) is 7.07. The Morgan fingerprint density at radius 1 is 1.25 bits per heavy atom. The summed E-state index contributed by atoms with van der Waals surface area (Å²) in [7, 11) is 1.79. The first-order valence-electron chi connectivity index (χ1n) is 7.74. The summed E-state index contributed by atoms with van der Waals surface area (Å²) in [6.07, 6.45) is 0. The summed E-state index contributed by atoms with van der Waals surface area (Å²) in [5.74, 6) is 0.739. The van der Waals surface area contributed by atoms with Gasteiger partial charge in [0.05, 0.1) is 16.8 Å². The lowest BCUT2D eigenvalue weighted by Crippen LogP contribution is -2.06. The average molecular weight is 344 g/mol. The maximum absolute atomic E-state index is 11.7. The number of aromatic nitrogens is 1. The molecule has 5 nitrogen and oxygen atoms in total. The summed E-state index contributed by atoms with van der Waals surface area (Å²) < 4.78 is 8.14. The van der Waals surface area contributed by atoms with Gasteiger partial charge in [-0.15, -0.1) is 0 Å². The highest BCUT2D eigenvalue weighted by atomic mass is 32.1. The molecule has 2 aromatic carbocycles. The molecular formula is C18H20N2O3S. The first-order chi connectivity index (χ1) is 11.6. The van der Waals surface area contributed by atoms with Crippen molar-refractivity contribution in [1.82, 2.24) is 4.57 Å². The second-order valence-corrected chi connectivity index (χ2v) is 6.68. The van der Waals surface area contributed by atoms with Gasteiger partial charge in [0.15, 0.2) is 0 Å². The lowest BCUT2D eigenvalue weighted by Gasteiger charge is -2.11. The number of benzene rings is 2. The number of thiazole rings is 1. The van der Waals surface area contributed by atoms with Crippen LogP contribution < -0.4 is 14.9 Å². The molecule has 3 aromatic rings. The number of anilines is 1. The maximum atomic E-state index is 11.7. The van der Waals surface area contributed by atoms with Gasteiger partial charge in [-0.05, 0) is 42.3 Å². The molecule has 24 heavy (non-hydrogen) atoms. The molecule has 0 aliphatic rings. The van der Waals surface area contributed by atoms with E-state index in [9.17, 15) is 4.79 Å². The van der Waals surface area contributed by atoms with Gasteiger partial charge in [0.1, 0.15) is 12.4 Å². The zero-order chi connectivity index (χ0) is 17.1. The molecule has 0 atom stereocenters. The molecular weight excluding hydrogens is 324 g/mol. The Bertz CT molecular complexity index is 914. The number of aliphatic hydroxyl groups is 1. The molecule has 0 amide bonds. The fourth-order valence-corrected chi connectivity index (χ4v) is 3.53. The van der Waals surface area contributed by atoms with Crippen molar-refractivity contribution in [2.45, 2.75) is 13.5 Å². The molecule has 1 heterocycles. The van der Waals surface area contributed by atoms with E-state index in [1.165, 1.54) is 11.3 Å². The quantitative estimate of drug-likeness (QED) is 0.722. The van der Waals surface area contributed by atoms with E-state index >= 15 is 0 Å². The van der Waals surface area contributed by atoms with E-state index in [0.717, 1.165) is 32.8 Å². The summed E-state index contributed by atoms with van der Waals surface area (Å²) in [4.78, 5) is 11.8. The van der Waals surface area contributed by atoms with Gasteiger partial charge in [-0.25, -0.2) is 0 Å². The van der Waals surface area contributed by atoms with Crippen LogP contribution in [-0.2, 0) is 13.6 Å². The molecule has 0 saturated carbocycles. The minimum absolute atomic E-state index is 0.00331. The van der Waals surface area contributed by atoms with E-state index in [4.69, 9.17) is 9.84 Å². The van der Waals surface area contributed by atoms with Crippen LogP contribution in [0.1, 0.15) is 11.1 Å². The monoisotopic (exact) mass is 344 g/mol. The fraction of sp³-hybridized carbons (Fsp3) is 0.278. The normalized spacial score (nSPS) is 11.0. The van der Waals surface area contributed by atoms with Crippen molar-refractivity contribution in [3.63, 3.8) is 0 Å². The number of ether oxygens (including phenoxy) is 1. The lowest BCUT2D eigenvalue weighted by molar-refractivity contribution is 0.201. The summed E-state index contributed by atoms with van der Waals surface area (Å²) in [6.45, 7) is 2.95. The van der Waals surface area contributed by atoms with Crippen LogP contribution in [0.2, 0.25) is 0 Å². The number of aliphatic hydroxyl groups excluding tert-OH is 1. The van der Waals surface area contributed by atoms with Crippen LogP contribution in [0, 0.1) is 6.92 Å². The van der Waals surface area contributed by atoms with E-state index in [-0.39, 0.29) is 18.1 Å². The smallest absolute Gasteiger partial charge is 0.307 e. The highest BCUT2D eigenvalue weighted by Crippen LogP contribution is 2.22. The number of rotatable bonds is 6. The van der Waals surface area contributed by atoms with Crippen LogP contribution in [0.5, 0.6) is 5.75 Å². The maximum Gasteiger partial charge on any atom is 0.307 e. The summed E-state index contributed by atoms with van der Waals surface area (Å²) in [5.41, 5.74) is 4.13. The van der Waals surface area contributed by atoms with Crippen LogP contribution >= 0.6 is 11.3 Å². The third-order valence-electron chi connectivity index (χ3n) is 3.76. The van der Waals surface area contributed by atoms with Crippen LogP contribution in [0.15, 0.2) is 41.2 Å². The van der Waals surface area contributed by atoms with E-state index in [1.807, 2.05) is 43.3 Å². The predicted molar refractivity (Wildman–Crippen MR) is 98.2 cm³/mol. The van der Waals surface area contributed by atoms with E-state index in [2.05, 4.69) is 5.32 Å². The van der Waals surface area contributed by atoms with E-state index < -0.39 is 0 Å². The van der Waals surface area contributed by atoms with Gasteiger partial charge in [-0.2, -0.15) is 0 Å². The molecule has 0 aliphatic carbocycles. The number of aryl methyl sites for hydroxylation is 2. The van der Waals surface area contributed by atoms with Crippen molar-refractivity contribution in [2.24, 2.45) is 7.05 Å². The third-order valence-corrected chi connectivity index (χ3v) is 4.76. The Morgan fingerprint density at radius 2 is 2.08 bits per heavy atom. The molecule has 0 aliphatic heterocycles. The number of hydrogen-bond acceptors (Lipinski definition) is 5. The molecule has 126 valence electrons. The topological polar surface area (TPSA) is 63.5 Å². The Hall–Kier alpha value is -2.31. The Labute approximate surface area is 144 Å². The average Bonchev–Trinajstić information content (AvgIpc) is 2.84. The molecule has 0 bridgehead atoms. The minimum atomic E-state index is -0.00331. The highest BCUT2D eigenvalue weighted by Gasteiger charge is 2.05. The molecule has 1 aromatic heterocycles. The van der Waals surface area contributed by atoms with Gasteiger partial charge in [0, 0.05) is 25.3 Å². The van der Waals surface area contributed by atoms with Gasteiger partial charge in [-0.1, -0.05) is 17.4 Å². The van der Waals surface area contributed by atoms with E-state index in [1.54, 1.807) is 11.6 Å². The van der Waals surface area contributed by atoms with Gasteiger partial charge >= 0.3 is 4.87 Å². The van der Waals surface area contributed by atoms with Gasteiger partial charge < -0.3 is 19.7 Å². The molecule has 0 saturated heterocycles. The fourth-order valence-electron chi connectivity index (χ4n) is 2.59. The zero-order valence-electron chi connectivity index (χ0n) is 13.7. The van der Waals surface area contributed by atoms with Crippen molar-refractivity contribution in [3.8, 4) is 5.75 Å². The Balaban J connectivity index is 1.75. The van der Waals surface area contributed by atoms with Crippen LogP contribution in [0.4, 0.5) is 5.69 Å². The Morgan fingerprint density at radius 3 is 2.88 bits per heavy atom. The third kappa shape index (κ3) is 3.60. The highest BCUT2D eigenvalue weighted by molar-refractivity contribution is 7.16. The molecule has 0 fully saturated rings. The Kier molecular flexibility index (Phi) is 4.87. The second-order valence-electron chi connectivity index (χ2n) is 5.69. The van der Waals surface area contributed by atoms with Gasteiger partial charge in [0.25, 0.3) is 0 Å². The minimum Gasteiger partial charge on any atom is -0.491 e. The van der Waals surface area contributed by atoms with Crippen molar-refractivity contribution >= 4 is 27.2 Å². The van der Waals surface area contributed by atoms with Crippen molar-refractivity contribution < 1.29 is 9.84 Å². The zero-order valence-corrected chi connectivity index (χ0v) is 14.5. The molecule has 2 N–H and O–H groups in total. The lowest BCUT2D eigenvalue weighted by atomic mass is 10.2. The summed E-state index contributed by atoms with van der Waals surface area (Å²) >= 11 is 1.26. The van der Waals surface area contributed by atoms with Gasteiger partial charge in [0.2, 0.25) is 0 Å². The van der Waals surface area contributed by atoms with E-state index in [0.29, 0.717) is 6.54 Å².